The van der Waals surface area contributed by atoms with E-state index in [1.165, 1.54) is 6.26 Å². The number of halogens is 2. The number of ether oxygens (including phenoxy) is 2. The van der Waals surface area contributed by atoms with Crippen molar-refractivity contribution >= 4 is 38.5 Å². The van der Waals surface area contributed by atoms with Gasteiger partial charge in [0.25, 0.3) is 0 Å². The van der Waals surface area contributed by atoms with Crippen LogP contribution >= 0.6 is 27.5 Å². The quantitative estimate of drug-likeness (QED) is 0.340. The summed E-state index contributed by atoms with van der Waals surface area (Å²) in [6.07, 6.45) is 1.31. The zero-order valence-electron chi connectivity index (χ0n) is 14.5. The molecule has 0 unspecified atom stereocenters. The van der Waals surface area contributed by atoms with E-state index in [-0.39, 0.29) is 11.2 Å². The van der Waals surface area contributed by atoms with Gasteiger partial charge in [-0.3, -0.25) is 4.79 Å². The maximum absolute atomic E-state index is 12.7. The van der Waals surface area contributed by atoms with E-state index in [0.29, 0.717) is 34.1 Å². The lowest BCUT2D eigenvalue weighted by molar-refractivity contribution is 0.306. The van der Waals surface area contributed by atoms with Crippen LogP contribution in [0.3, 0.4) is 0 Å². The molecule has 0 aliphatic carbocycles. The topological polar surface area (TPSA) is 48.7 Å². The lowest BCUT2D eigenvalue weighted by atomic mass is 10.2. The highest BCUT2D eigenvalue weighted by molar-refractivity contribution is 9.10. The second-order valence-corrected chi connectivity index (χ2v) is 7.33. The molecule has 1 heterocycles. The van der Waals surface area contributed by atoms with Gasteiger partial charge < -0.3 is 13.9 Å². The van der Waals surface area contributed by atoms with Gasteiger partial charge in [-0.1, -0.05) is 35.9 Å². The van der Waals surface area contributed by atoms with Gasteiger partial charge in [-0.25, -0.2) is 0 Å². The number of rotatable bonds is 5. The third kappa shape index (κ3) is 4.06. The highest BCUT2D eigenvalue weighted by atomic mass is 79.9. The summed E-state index contributed by atoms with van der Waals surface area (Å²) in [5.41, 5.74) is 1.17. The van der Waals surface area contributed by atoms with Crippen LogP contribution in [0.25, 0.3) is 11.0 Å². The van der Waals surface area contributed by atoms with Crippen molar-refractivity contribution in [1.82, 2.24) is 0 Å². The van der Waals surface area contributed by atoms with Gasteiger partial charge in [-0.05, 0) is 57.9 Å². The van der Waals surface area contributed by atoms with Gasteiger partial charge in [0, 0.05) is 11.1 Å². The molecule has 1 aromatic heterocycles. The van der Waals surface area contributed by atoms with Crippen molar-refractivity contribution in [2.24, 2.45) is 0 Å². The molecule has 0 bridgehead atoms. The Bertz CT molecular complexity index is 1190. The predicted molar refractivity (Wildman–Crippen MR) is 112 cm³/mol. The fourth-order valence-corrected chi connectivity index (χ4v) is 3.14. The normalized spacial score (nSPS) is 10.8. The summed E-state index contributed by atoms with van der Waals surface area (Å²) >= 11 is 9.28. The number of fused-ring (bicyclic) bond motifs is 1. The van der Waals surface area contributed by atoms with Crippen LogP contribution in [-0.4, -0.2) is 0 Å². The first kappa shape index (κ1) is 18.6. The predicted octanol–water partition coefficient (Wildman–Crippen LogP) is 6.58. The maximum Gasteiger partial charge on any atom is 0.235 e. The minimum Gasteiger partial charge on any atom is -0.489 e. The zero-order valence-corrected chi connectivity index (χ0v) is 16.9. The van der Waals surface area contributed by atoms with Crippen LogP contribution in [0.5, 0.6) is 17.2 Å². The summed E-state index contributed by atoms with van der Waals surface area (Å²) in [4.78, 5) is 12.7. The van der Waals surface area contributed by atoms with E-state index in [0.717, 1.165) is 10.0 Å². The molecule has 4 rings (SSSR count). The molecule has 28 heavy (non-hydrogen) atoms. The van der Waals surface area contributed by atoms with Crippen molar-refractivity contribution < 1.29 is 13.9 Å². The van der Waals surface area contributed by atoms with Gasteiger partial charge in [0.05, 0.1) is 9.86 Å². The minimum atomic E-state index is -0.249. The summed E-state index contributed by atoms with van der Waals surface area (Å²) in [6.45, 7) is 0.385. The average Bonchev–Trinajstić information content (AvgIpc) is 2.71. The minimum absolute atomic E-state index is 0.120. The Hall–Kier alpha value is -2.76. The summed E-state index contributed by atoms with van der Waals surface area (Å²) < 4.78 is 17.8. The first-order valence-electron chi connectivity index (χ1n) is 8.45. The van der Waals surface area contributed by atoms with Gasteiger partial charge in [-0.15, -0.1) is 0 Å². The largest absolute Gasteiger partial charge is 0.489 e. The van der Waals surface area contributed by atoms with Crippen molar-refractivity contribution in [2.45, 2.75) is 6.61 Å². The first-order chi connectivity index (χ1) is 13.6. The Balaban J connectivity index is 1.56. The Morgan fingerprint density at radius 2 is 1.75 bits per heavy atom. The molecule has 0 N–H and O–H groups in total. The first-order valence-corrected chi connectivity index (χ1v) is 9.62. The van der Waals surface area contributed by atoms with E-state index in [2.05, 4.69) is 15.9 Å². The SMILES string of the molecule is O=c1c(Oc2ccccc2Br)coc2cc(OCc3ccc(Cl)cc3)ccc12. The smallest absolute Gasteiger partial charge is 0.235 e. The van der Waals surface area contributed by atoms with Crippen LogP contribution in [0.15, 0.2) is 86.7 Å². The summed E-state index contributed by atoms with van der Waals surface area (Å²) in [5, 5.41) is 1.10. The molecule has 3 aromatic carbocycles. The Labute approximate surface area is 174 Å². The van der Waals surface area contributed by atoms with E-state index < -0.39 is 0 Å². The van der Waals surface area contributed by atoms with Crippen LogP contribution in [0.4, 0.5) is 0 Å². The van der Waals surface area contributed by atoms with Crippen molar-refractivity contribution in [2.75, 3.05) is 0 Å². The fraction of sp³-hybridized carbons (Fsp3) is 0.0455. The Morgan fingerprint density at radius 1 is 0.964 bits per heavy atom. The molecule has 4 aromatic rings. The van der Waals surface area contributed by atoms with Crippen LogP contribution in [0, 0.1) is 0 Å². The van der Waals surface area contributed by atoms with E-state index in [1.54, 1.807) is 24.3 Å². The van der Waals surface area contributed by atoms with Crippen molar-refractivity contribution in [3.63, 3.8) is 0 Å². The lowest BCUT2D eigenvalue weighted by Crippen LogP contribution is -2.05. The lowest BCUT2D eigenvalue weighted by Gasteiger charge is -2.09. The molecule has 4 nitrogen and oxygen atoms in total. The van der Waals surface area contributed by atoms with Gasteiger partial charge in [0.1, 0.15) is 30.0 Å². The Morgan fingerprint density at radius 3 is 2.54 bits per heavy atom. The summed E-state index contributed by atoms with van der Waals surface area (Å²) in [7, 11) is 0. The Kier molecular flexibility index (Phi) is 5.37. The monoisotopic (exact) mass is 456 g/mol. The van der Waals surface area contributed by atoms with Crippen LogP contribution in [0.2, 0.25) is 5.02 Å². The van der Waals surface area contributed by atoms with Gasteiger partial charge >= 0.3 is 0 Å². The molecule has 0 aliphatic rings. The standard InChI is InChI=1S/C22H14BrClO4/c23-18-3-1-2-4-19(18)28-21-13-27-20-11-16(9-10-17(20)22(21)25)26-12-14-5-7-15(24)8-6-14/h1-11,13H,12H2. The van der Waals surface area contributed by atoms with Gasteiger partial charge in [-0.2, -0.15) is 0 Å². The number of benzene rings is 3. The molecular formula is C22H14BrClO4. The van der Waals surface area contributed by atoms with E-state index in [9.17, 15) is 4.79 Å². The fourth-order valence-electron chi connectivity index (χ4n) is 2.64. The second kappa shape index (κ2) is 8.09. The molecule has 6 heteroatoms. The third-order valence-electron chi connectivity index (χ3n) is 4.09. The molecule has 0 fully saturated rings. The van der Waals surface area contributed by atoms with Crippen molar-refractivity contribution in [3.05, 3.63) is 98.3 Å². The molecule has 0 aliphatic heterocycles. The second-order valence-electron chi connectivity index (χ2n) is 6.03. The molecule has 0 atom stereocenters. The van der Waals surface area contributed by atoms with E-state index in [1.807, 2.05) is 42.5 Å². The van der Waals surface area contributed by atoms with Gasteiger partial charge in [0.15, 0.2) is 0 Å². The molecule has 0 spiro atoms. The van der Waals surface area contributed by atoms with Crippen LogP contribution in [-0.2, 0) is 6.61 Å². The zero-order chi connectivity index (χ0) is 19.5. The van der Waals surface area contributed by atoms with Crippen molar-refractivity contribution in [1.29, 1.82) is 0 Å². The molecular weight excluding hydrogens is 444 g/mol. The van der Waals surface area contributed by atoms with Gasteiger partial charge in [0.2, 0.25) is 11.2 Å². The summed E-state index contributed by atoms with van der Waals surface area (Å²) in [6, 6.07) is 19.8. The molecule has 0 amide bonds. The molecule has 0 saturated heterocycles. The van der Waals surface area contributed by atoms with E-state index in [4.69, 9.17) is 25.5 Å². The maximum atomic E-state index is 12.7. The number of hydrogen-bond acceptors (Lipinski definition) is 4. The van der Waals surface area contributed by atoms with E-state index >= 15 is 0 Å². The number of hydrogen-bond donors (Lipinski definition) is 0. The number of para-hydroxylation sites is 1. The van der Waals surface area contributed by atoms with Crippen LogP contribution < -0.4 is 14.9 Å². The third-order valence-corrected chi connectivity index (χ3v) is 5.00. The highest BCUT2D eigenvalue weighted by Crippen LogP contribution is 2.29. The van der Waals surface area contributed by atoms with Crippen molar-refractivity contribution in [3.8, 4) is 17.2 Å². The highest BCUT2D eigenvalue weighted by Gasteiger charge is 2.11. The summed E-state index contributed by atoms with van der Waals surface area (Å²) in [5.74, 6) is 1.26. The molecule has 0 radical (unpaired) electrons. The molecule has 140 valence electrons. The van der Waals surface area contributed by atoms with Crippen LogP contribution in [0.1, 0.15) is 5.56 Å². The average molecular weight is 458 g/mol. The molecule has 0 saturated carbocycles.